The second-order valence-corrected chi connectivity index (χ2v) is 9.12. The first-order valence-corrected chi connectivity index (χ1v) is 12.4. The molecule has 194 valence electrons. The van der Waals surface area contributed by atoms with Crippen molar-refractivity contribution >= 4 is 46.7 Å². The van der Waals surface area contributed by atoms with E-state index in [1.54, 1.807) is 38.1 Å². The Balaban J connectivity index is 1.81. The van der Waals surface area contributed by atoms with Crippen molar-refractivity contribution in [3.63, 3.8) is 0 Å². The number of nitriles is 1. The number of carbonyl (C=O) groups is 2. The SMILES string of the molecule is C=N/C(C#N)=C(Cl)\C=C(/C)C(=O)N[C@H]1CCC[C@H]1C(=O)Nc1ccc2c(c1)c(=O)n(CC)c(=O)n2CC. The van der Waals surface area contributed by atoms with E-state index in [4.69, 9.17) is 16.9 Å². The van der Waals surface area contributed by atoms with E-state index in [0.717, 1.165) is 6.42 Å². The molecule has 1 aromatic heterocycles. The standard InChI is InChI=1S/C26H29ClN6O4/c1-5-32-22-11-10-16(13-18(22)25(36)33(6-2)26(32)37)30-24(35)17-8-7-9-20(17)31-23(34)15(3)12-19(27)21(14-28)29-4/h10-13,17,20H,4-9H2,1-3H3,(H,30,35)(H,31,34)/b15-12+,21-19+/t17-,20+/m1/s1. The van der Waals surface area contributed by atoms with Crippen molar-refractivity contribution in [3.8, 4) is 6.07 Å². The van der Waals surface area contributed by atoms with Gasteiger partial charge in [-0.1, -0.05) is 18.0 Å². The molecule has 3 rings (SSSR count). The normalized spacial score (nSPS) is 18.2. The van der Waals surface area contributed by atoms with Gasteiger partial charge in [-0.05, 0) is 64.6 Å². The van der Waals surface area contributed by atoms with Crippen LogP contribution in [0.5, 0.6) is 0 Å². The minimum Gasteiger partial charge on any atom is -0.349 e. The average Bonchev–Trinajstić information content (AvgIpc) is 3.34. The van der Waals surface area contributed by atoms with E-state index in [0.29, 0.717) is 36.0 Å². The van der Waals surface area contributed by atoms with Crippen molar-refractivity contribution in [2.24, 2.45) is 10.9 Å². The first-order chi connectivity index (χ1) is 17.7. The van der Waals surface area contributed by atoms with Crippen LogP contribution in [0.3, 0.4) is 0 Å². The molecule has 2 aromatic rings. The molecule has 2 amide bonds. The highest BCUT2D eigenvalue weighted by atomic mass is 35.5. The van der Waals surface area contributed by atoms with Gasteiger partial charge in [0.05, 0.1) is 21.9 Å². The van der Waals surface area contributed by atoms with Crippen LogP contribution in [0.15, 0.2) is 55.2 Å². The van der Waals surface area contributed by atoms with E-state index in [1.807, 2.05) is 6.92 Å². The lowest BCUT2D eigenvalue weighted by Gasteiger charge is -2.21. The number of nitrogens with zero attached hydrogens (tertiary/aromatic N) is 4. The highest BCUT2D eigenvalue weighted by molar-refractivity contribution is 6.32. The number of aryl methyl sites for hydroxylation is 1. The molecule has 11 heteroatoms. The van der Waals surface area contributed by atoms with E-state index >= 15 is 0 Å². The molecule has 37 heavy (non-hydrogen) atoms. The van der Waals surface area contributed by atoms with Gasteiger partial charge in [0, 0.05) is 30.4 Å². The molecule has 0 bridgehead atoms. The Bertz CT molecular complexity index is 1480. The summed E-state index contributed by atoms with van der Waals surface area (Å²) in [5.74, 6) is -1.16. The van der Waals surface area contributed by atoms with Crippen LogP contribution in [-0.2, 0) is 22.7 Å². The lowest BCUT2D eigenvalue weighted by Crippen LogP contribution is -2.42. The summed E-state index contributed by atoms with van der Waals surface area (Å²) in [6, 6.07) is 6.30. The van der Waals surface area contributed by atoms with Crippen molar-refractivity contribution in [2.45, 2.75) is 59.2 Å². The molecular weight excluding hydrogens is 496 g/mol. The number of benzene rings is 1. The Morgan fingerprint density at radius 2 is 1.95 bits per heavy atom. The predicted octanol–water partition coefficient (Wildman–Crippen LogP) is 3.05. The van der Waals surface area contributed by atoms with Crippen molar-refractivity contribution in [2.75, 3.05) is 5.32 Å². The maximum atomic E-state index is 13.1. The summed E-state index contributed by atoms with van der Waals surface area (Å²) < 4.78 is 2.69. The van der Waals surface area contributed by atoms with E-state index in [-0.39, 0.29) is 34.4 Å². The predicted molar refractivity (Wildman–Crippen MR) is 144 cm³/mol. The Morgan fingerprint density at radius 1 is 1.24 bits per heavy atom. The molecule has 0 aliphatic heterocycles. The third-order valence-corrected chi connectivity index (χ3v) is 6.77. The fourth-order valence-electron chi connectivity index (χ4n) is 4.54. The molecule has 1 aliphatic rings. The maximum Gasteiger partial charge on any atom is 0.331 e. The zero-order chi connectivity index (χ0) is 27.3. The second kappa shape index (κ2) is 11.8. The summed E-state index contributed by atoms with van der Waals surface area (Å²) in [6.07, 6.45) is 3.31. The van der Waals surface area contributed by atoms with Gasteiger partial charge in [-0.2, -0.15) is 5.26 Å². The molecule has 1 aromatic carbocycles. The van der Waals surface area contributed by atoms with Gasteiger partial charge in [-0.15, -0.1) is 0 Å². The number of rotatable bonds is 8. The summed E-state index contributed by atoms with van der Waals surface area (Å²) in [6.45, 7) is 9.03. The lowest BCUT2D eigenvalue weighted by atomic mass is 10.0. The minimum absolute atomic E-state index is 0.00204. The zero-order valence-corrected chi connectivity index (χ0v) is 21.8. The number of hydrogen-bond donors (Lipinski definition) is 2. The summed E-state index contributed by atoms with van der Waals surface area (Å²) in [5.41, 5.74) is 0.335. The highest BCUT2D eigenvalue weighted by Gasteiger charge is 2.34. The average molecular weight is 525 g/mol. The molecule has 0 saturated heterocycles. The Kier molecular flexibility index (Phi) is 8.84. The van der Waals surface area contributed by atoms with Crippen LogP contribution < -0.4 is 21.9 Å². The number of fused-ring (bicyclic) bond motifs is 1. The smallest absolute Gasteiger partial charge is 0.331 e. The van der Waals surface area contributed by atoms with Crippen molar-refractivity contribution < 1.29 is 9.59 Å². The number of halogens is 1. The third kappa shape index (κ3) is 5.73. The number of allylic oxidation sites excluding steroid dienone is 3. The van der Waals surface area contributed by atoms with Gasteiger partial charge >= 0.3 is 5.69 Å². The van der Waals surface area contributed by atoms with Crippen LogP contribution in [0.2, 0.25) is 0 Å². The van der Waals surface area contributed by atoms with Crippen LogP contribution in [0.4, 0.5) is 5.69 Å². The summed E-state index contributed by atoms with van der Waals surface area (Å²) in [7, 11) is 0. The minimum atomic E-state index is -0.472. The number of aliphatic imine (C=N–C) groups is 1. The van der Waals surface area contributed by atoms with Gasteiger partial charge in [-0.3, -0.25) is 28.5 Å². The third-order valence-electron chi connectivity index (χ3n) is 6.49. The van der Waals surface area contributed by atoms with Crippen LogP contribution in [-0.4, -0.2) is 33.7 Å². The fraction of sp³-hybridized carbons (Fsp3) is 0.385. The molecule has 1 heterocycles. The molecule has 0 spiro atoms. The quantitative estimate of drug-likeness (QED) is 0.236. The molecule has 0 unspecified atom stereocenters. The topological polar surface area (TPSA) is 138 Å². The van der Waals surface area contributed by atoms with Crippen LogP contribution in [0, 0.1) is 17.2 Å². The Hall–Kier alpha value is -3.97. The van der Waals surface area contributed by atoms with Crippen LogP contribution in [0.1, 0.15) is 40.0 Å². The highest BCUT2D eigenvalue weighted by Crippen LogP contribution is 2.28. The number of carbonyl (C=O) groups excluding carboxylic acids is 2. The number of aromatic nitrogens is 2. The van der Waals surface area contributed by atoms with E-state index < -0.39 is 23.4 Å². The van der Waals surface area contributed by atoms with Crippen LogP contribution >= 0.6 is 11.6 Å². The van der Waals surface area contributed by atoms with Gasteiger partial charge in [0.25, 0.3) is 5.56 Å². The summed E-state index contributed by atoms with van der Waals surface area (Å²) in [4.78, 5) is 54.8. The Morgan fingerprint density at radius 3 is 2.57 bits per heavy atom. The molecule has 0 radical (unpaired) electrons. The van der Waals surface area contributed by atoms with E-state index in [2.05, 4.69) is 22.3 Å². The van der Waals surface area contributed by atoms with Crippen molar-refractivity contribution in [3.05, 3.63) is 61.4 Å². The first-order valence-electron chi connectivity index (χ1n) is 12.0. The zero-order valence-electron chi connectivity index (χ0n) is 21.0. The largest absolute Gasteiger partial charge is 0.349 e. The van der Waals surface area contributed by atoms with Gasteiger partial charge in [0.1, 0.15) is 6.07 Å². The van der Waals surface area contributed by atoms with Crippen LogP contribution in [0.25, 0.3) is 10.9 Å². The van der Waals surface area contributed by atoms with E-state index in [1.165, 1.54) is 15.2 Å². The molecule has 1 fully saturated rings. The molecule has 2 atom stereocenters. The molecular formula is C26H29ClN6O4. The fourth-order valence-corrected chi connectivity index (χ4v) is 4.80. The Labute approximate surface area is 218 Å². The summed E-state index contributed by atoms with van der Waals surface area (Å²) in [5, 5.41) is 15.1. The van der Waals surface area contributed by atoms with Gasteiger partial charge in [-0.25, -0.2) is 4.79 Å². The van der Waals surface area contributed by atoms with Gasteiger partial charge in [0.15, 0.2) is 5.70 Å². The molecule has 1 saturated carbocycles. The van der Waals surface area contributed by atoms with Crippen molar-refractivity contribution in [1.82, 2.24) is 14.5 Å². The molecule has 10 nitrogen and oxygen atoms in total. The monoisotopic (exact) mass is 524 g/mol. The lowest BCUT2D eigenvalue weighted by molar-refractivity contribution is -0.121. The first kappa shape index (κ1) is 27.6. The molecule has 1 aliphatic carbocycles. The number of amides is 2. The van der Waals surface area contributed by atoms with Gasteiger partial charge in [0.2, 0.25) is 11.8 Å². The molecule has 2 N–H and O–H groups in total. The number of anilines is 1. The summed E-state index contributed by atoms with van der Waals surface area (Å²) >= 11 is 6.03. The number of hydrogen-bond acceptors (Lipinski definition) is 6. The maximum absolute atomic E-state index is 13.1. The van der Waals surface area contributed by atoms with Crippen molar-refractivity contribution in [1.29, 1.82) is 5.26 Å². The second-order valence-electron chi connectivity index (χ2n) is 8.71. The number of nitrogens with one attached hydrogen (secondary N) is 2. The van der Waals surface area contributed by atoms with E-state index in [9.17, 15) is 19.2 Å². The van der Waals surface area contributed by atoms with Gasteiger partial charge < -0.3 is 10.6 Å².